The van der Waals surface area contributed by atoms with Gasteiger partial charge < -0.3 is 5.32 Å². The number of nitrogens with one attached hydrogen (secondary N) is 1. The summed E-state index contributed by atoms with van der Waals surface area (Å²) in [5.74, 6) is 1.92. The third kappa shape index (κ3) is 6.53. The summed E-state index contributed by atoms with van der Waals surface area (Å²) in [4.78, 5) is 20.3. The molecule has 0 saturated heterocycles. The number of fused-ring (bicyclic) bond motifs is 6. The van der Waals surface area contributed by atoms with Crippen LogP contribution >= 0.6 is 0 Å². The third-order valence-electron chi connectivity index (χ3n) is 12.1. The molecule has 0 radical (unpaired) electrons. The van der Waals surface area contributed by atoms with Crippen LogP contribution in [-0.2, 0) is 0 Å². The lowest BCUT2D eigenvalue weighted by Crippen LogP contribution is -2.19. The smallest absolute Gasteiger partial charge is 0.164 e. The van der Waals surface area contributed by atoms with E-state index in [-0.39, 0.29) is 6.04 Å². The van der Waals surface area contributed by atoms with Gasteiger partial charge in [-0.3, -0.25) is 4.40 Å². The monoisotopic (exact) mass is 806 g/mol. The molecule has 63 heavy (non-hydrogen) atoms. The number of hydrogen-bond donors (Lipinski definition) is 1. The fourth-order valence-corrected chi connectivity index (χ4v) is 8.99. The predicted octanol–water partition coefficient (Wildman–Crippen LogP) is 13.9. The Kier molecular flexibility index (Phi) is 8.78. The van der Waals surface area contributed by atoms with Crippen LogP contribution in [0.25, 0.3) is 95.4 Å². The molecular formula is C57H38N6. The second-order valence-corrected chi connectivity index (χ2v) is 15.9. The number of benzene rings is 8. The van der Waals surface area contributed by atoms with Crippen molar-refractivity contribution in [2.75, 3.05) is 5.32 Å². The lowest BCUT2D eigenvalue weighted by molar-refractivity contribution is 0.925. The molecule has 0 aliphatic carbocycles. The maximum atomic E-state index is 5.57. The molecule has 0 amide bonds. The zero-order chi connectivity index (χ0) is 41.7. The molecule has 0 saturated carbocycles. The average molecular weight is 807 g/mol. The summed E-state index contributed by atoms with van der Waals surface area (Å²) < 4.78 is 2.28. The number of anilines is 1. The first-order valence-corrected chi connectivity index (χ1v) is 21.2. The van der Waals surface area contributed by atoms with Gasteiger partial charge in [0.05, 0.1) is 17.4 Å². The van der Waals surface area contributed by atoms with E-state index in [1.807, 2.05) is 60.7 Å². The van der Waals surface area contributed by atoms with Gasteiger partial charge in [0, 0.05) is 50.8 Å². The van der Waals surface area contributed by atoms with Crippen molar-refractivity contribution in [3.8, 4) is 78.9 Å². The van der Waals surface area contributed by atoms with E-state index in [0.717, 1.165) is 72.8 Å². The van der Waals surface area contributed by atoms with E-state index in [9.17, 15) is 0 Å². The molecule has 0 bridgehead atoms. The predicted molar refractivity (Wildman–Crippen MR) is 256 cm³/mol. The highest BCUT2D eigenvalue weighted by molar-refractivity contribution is 5.96. The summed E-state index contributed by atoms with van der Waals surface area (Å²) in [7, 11) is 0. The van der Waals surface area contributed by atoms with Crippen molar-refractivity contribution in [3.63, 3.8) is 0 Å². The molecule has 1 aliphatic heterocycles. The van der Waals surface area contributed by atoms with E-state index in [2.05, 4.69) is 168 Å². The van der Waals surface area contributed by atoms with Crippen LogP contribution in [0.1, 0.15) is 17.2 Å². The largest absolute Gasteiger partial charge is 0.374 e. The molecule has 0 spiro atoms. The Morgan fingerprint density at radius 2 is 0.905 bits per heavy atom. The zero-order valence-corrected chi connectivity index (χ0v) is 34.1. The number of hydrogen-bond acceptors (Lipinski definition) is 5. The minimum atomic E-state index is -0.0440. The molecule has 11 aromatic rings. The number of imidazole rings is 1. The fraction of sp³-hybridized carbons (Fsp3) is 0.0175. The molecule has 8 aromatic carbocycles. The molecule has 6 nitrogen and oxygen atoms in total. The maximum absolute atomic E-state index is 5.57. The van der Waals surface area contributed by atoms with E-state index in [0.29, 0.717) is 17.5 Å². The molecule has 296 valence electrons. The van der Waals surface area contributed by atoms with E-state index in [4.69, 9.17) is 19.9 Å². The van der Waals surface area contributed by atoms with Crippen LogP contribution in [0.5, 0.6) is 0 Å². The molecular weight excluding hydrogens is 769 g/mol. The Hall–Kier alpha value is -8.48. The van der Waals surface area contributed by atoms with Gasteiger partial charge in [0.1, 0.15) is 5.65 Å². The fourth-order valence-electron chi connectivity index (χ4n) is 8.99. The van der Waals surface area contributed by atoms with Gasteiger partial charge in [-0.1, -0.05) is 194 Å². The standard InChI is InChI=1S/C57H38N6/c1-4-15-41(16-5-1)53-52(59-57-50-47-22-12-13-23-49(47)58-51(48(50)34-35-63(53)57)46-33-28-37-14-10-11-21-45(37)36-46)40-29-24-38(25-30-40)39-26-31-44(32-27-39)56-61-54(42-17-6-2-7-18-42)60-55(62-56)43-19-8-3-9-20-43/h1-36,51,58H. The van der Waals surface area contributed by atoms with Crippen molar-refractivity contribution < 1.29 is 0 Å². The molecule has 4 heterocycles. The second-order valence-electron chi connectivity index (χ2n) is 15.9. The quantitative estimate of drug-likeness (QED) is 0.174. The summed E-state index contributed by atoms with van der Waals surface area (Å²) >= 11 is 0. The summed E-state index contributed by atoms with van der Waals surface area (Å²) in [6.45, 7) is 0. The highest BCUT2D eigenvalue weighted by Gasteiger charge is 2.30. The highest BCUT2D eigenvalue weighted by atomic mass is 15.0. The highest BCUT2D eigenvalue weighted by Crippen LogP contribution is 2.47. The molecule has 0 fully saturated rings. The maximum Gasteiger partial charge on any atom is 0.164 e. The van der Waals surface area contributed by atoms with Crippen molar-refractivity contribution >= 4 is 22.1 Å². The Morgan fingerprint density at radius 3 is 1.54 bits per heavy atom. The van der Waals surface area contributed by atoms with Crippen molar-refractivity contribution in [3.05, 3.63) is 230 Å². The topological polar surface area (TPSA) is 68.0 Å². The number of para-hydroxylation sites is 1. The van der Waals surface area contributed by atoms with Gasteiger partial charge in [0.25, 0.3) is 0 Å². The van der Waals surface area contributed by atoms with Crippen LogP contribution in [-0.4, -0.2) is 24.3 Å². The summed E-state index contributed by atoms with van der Waals surface area (Å²) in [6, 6.07) is 74.2. The summed E-state index contributed by atoms with van der Waals surface area (Å²) in [5, 5.41) is 6.35. The molecule has 1 N–H and O–H groups in total. The first-order chi connectivity index (χ1) is 31.2. The first-order valence-electron chi connectivity index (χ1n) is 21.2. The van der Waals surface area contributed by atoms with Crippen LogP contribution in [0.3, 0.4) is 0 Å². The van der Waals surface area contributed by atoms with E-state index in [1.165, 1.54) is 21.9 Å². The van der Waals surface area contributed by atoms with Crippen LogP contribution < -0.4 is 5.32 Å². The van der Waals surface area contributed by atoms with Gasteiger partial charge in [-0.15, -0.1) is 0 Å². The minimum absolute atomic E-state index is 0.0440. The average Bonchev–Trinajstić information content (AvgIpc) is 3.77. The molecule has 1 atom stereocenters. The molecule has 3 aromatic heterocycles. The van der Waals surface area contributed by atoms with E-state index in [1.54, 1.807) is 0 Å². The SMILES string of the molecule is c1ccc(-c2nc(-c3ccccc3)nc(-c3ccc(-c4ccc(-c5nc6c7c(ccn6c5-c5ccccc5)C(c5ccc6ccccc6c5)Nc5ccccc5-7)cc4)cc3)n2)cc1. The van der Waals surface area contributed by atoms with Crippen molar-refractivity contribution in [2.24, 2.45) is 0 Å². The van der Waals surface area contributed by atoms with Gasteiger partial charge in [0.2, 0.25) is 0 Å². The van der Waals surface area contributed by atoms with Crippen molar-refractivity contribution in [1.29, 1.82) is 0 Å². The number of pyridine rings is 1. The van der Waals surface area contributed by atoms with Crippen LogP contribution in [0.4, 0.5) is 5.69 Å². The van der Waals surface area contributed by atoms with Gasteiger partial charge in [-0.2, -0.15) is 0 Å². The zero-order valence-electron chi connectivity index (χ0n) is 34.1. The number of rotatable bonds is 7. The molecule has 1 unspecified atom stereocenters. The van der Waals surface area contributed by atoms with Crippen LogP contribution in [0.15, 0.2) is 219 Å². The van der Waals surface area contributed by atoms with Crippen LogP contribution in [0.2, 0.25) is 0 Å². The minimum Gasteiger partial charge on any atom is -0.374 e. The Labute approximate surface area is 364 Å². The lowest BCUT2D eigenvalue weighted by Gasteiger charge is -2.30. The van der Waals surface area contributed by atoms with Gasteiger partial charge >= 0.3 is 0 Å². The first kappa shape index (κ1) is 36.4. The van der Waals surface area contributed by atoms with Gasteiger partial charge in [-0.05, 0) is 51.2 Å². The number of aromatic nitrogens is 5. The second kappa shape index (κ2) is 15.2. The van der Waals surface area contributed by atoms with Gasteiger partial charge in [-0.25, -0.2) is 19.9 Å². The molecule has 12 rings (SSSR count). The van der Waals surface area contributed by atoms with Gasteiger partial charge in [0.15, 0.2) is 17.5 Å². The summed E-state index contributed by atoms with van der Waals surface area (Å²) in [5.41, 5.74) is 15.9. The summed E-state index contributed by atoms with van der Waals surface area (Å²) in [6.07, 6.45) is 2.20. The molecule has 1 aliphatic rings. The van der Waals surface area contributed by atoms with Crippen molar-refractivity contribution in [2.45, 2.75) is 6.04 Å². The lowest BCUT2D eigenvalue weighted by atomic mass is 9.86. The third-order valence-corrected chi connectivity index (χ3v) is 12.1. The van der Waals surface area contributed by atoms with E-state index < -0.39 is 0 Å². The van der Waals surface area contributed by atoms with Crippen molar-refractivity contribution in [1.82, 2.24) is 24.3 Å². The Morgan fingerprint density at radius 1 is 0.397 bits per heavy atom. The Bertz CT molecular complexity index is 3400. The van der Waals surface area contributed by atoms with Crippen LogP contribution in [0, 0.1) is 0 Å². The Balaban J connectivity index is 0.934. The number of nitrogens with zero attached hydrogens (tertiary/aromatic N) is 5. The van der Waals surface area contributed by atoms with E-state index >= 15 is 0 Å². The molecule has 6 heteroatoms. The normalized spacial score (nSPS) is 13.0.